The highest BCUT2D eigenvalue weighted by Crippen LogP contribution is 2.27. The van der Waals surface area contributed by atoms with Crippen molar-refractivity contribution >= 4 is 22.5 Å². The molecule has 0 atom stereocenters. The molecule has 3 heteroatoms. The molecule has 1 heterocycles. The van der Waals surface area contributed by atoms with Gasteiger partial charge in [0.2, 0.25) is 0 Å². The SMILES string of the molecule is CCOc1cccc2c1ccn2C/C(C)=C/Cl. The molecule has 0 N–H and O–H groups in total. The zero-order valence-corrected chi connectivity index (χ0v) is 10.9. The first-order valence-corrected chi connectivity index (χ1v) is 6.16. The van der Waals surface area contributed by atoms with E-state index in [4.69, 9.17) is 16.3 Å². The van der Waals surface area contributed by atoms with Crippen molar-refractivity contribution in [2.75, 3.05) is 6.61 Å². The molecule has 2 aromatic rings. The Hall–Kier alpha value is -1.41. The Morgan fingerprint density at radius 1 is 1.41 bits per heavy atom. The van der Waals surface area contributed by atoms with E-state index in [2.05, 4.69) is 22.9 Å². The highest BCUT2D eigenvalue weighted by molar-refractivity contribution is 6.25. The van der Waals surface area contributed by atoms with Crippen LogP contribution in [0.25, 0.3) is 10.9 Å². The number of rotatable bonds is 4. The third-order valence-corrected chi connectivity index (χ3v) is 3.05. The zero-order chi connectivity index (χ0) is 12.3. The predicted octanol–water partition coefficient (Wildman–Crippen LogP) is 4.18. The van der Waals surface area contributed by atoms with Crippen molar-refractivity contribution in [2.45, 2.75) is 20.4 Å². The van der Waals surface area contributed by atoms with E-state index in [0.717, 1.165) is 23.3 Å². The van der Waals surface area contributed by atoms with Crippen molar-refractivity contribution in [3.8, 4) is 5.75 Å². The van der Waals surface area contributed by atoms with Crippen LogP contribution in [0, 0.1) is 0 Å². The number of fused-ring (bicyclic) bond motifs is 1. The Morgan fingerprint density at radius 2 is 2.24 bits per heavy atom. The van der Waals surface area contributed by atoms with Gasteiger partial charge in [-0.15, -0.1) is 0 Å². The Labute approximate surface area is 106 Å². The van der Waals surface area contributed by atoms with Crippen LogP contribution in [0.2, 0.25) is 0 Å². The number of ether oxygens (including phenoxy) is 1. The number of nitrogens with zero attached hydrogens (tertiary/aromatic N) is 1. The minimum absolute atomic E-state index is 0.685. The van der Waals surface area contributed by atoms with Crippen LogP contribution in [0.3, 0.4) is 0 Å². The zero-order valence-electron chi connectivity index (χ0n) is 10.1. The van der Waals surface area contributed by atoms with E-state index in [1.165, 1.54) is 5.52 Å². The first kappa shape index (κ1) is 12.1. The van der Waals surface area contributed by atoms with E-state index in [9.17, 15) is 0 Å². The Bertz CT molecular complexity index is 542. The molecular weight excluding hydrogens is 234 g/mol. The van der Waals surface area contributed by atoms with Crippen LogP contribution >= 0.6 is 11.6 Å². The van der Waals surface area contributed by atoms with Crippen molar-refractivity contribution in [3.05, 3.63) is 41.6 Å². The lowest BCUT2D eigenvalue weighted by molar-refractivity contribution is 0.344. The van der Waals surface area contributed by atoms with Gasteiger partial charge in [-0.2, -0.15) is 0 Å². The maximum Gasteiger partial charge on any atom is 0.128 e. The van der Waals surface area contributed by atoms with Gasteiger partial charge >= 0.3 is 0 Å². The molecule has 2 rings (SSSR count). The molecule has 0 bridgehead atoms. The largest absolute Gasteiger partial charge is 0.493 e. The average molecular weight is 250 g/mol. The van der Waals surface area contributed by atoms with Crippen LogP contribution in [0.15, 0.2) is 41.6 Å². The number of aromatic nitrogens is 1. The maximum atomic E-state index is 5.70. The van der Waals surface area contributed by atoms with Crippen LogP contribution in [-0.4, -0.2) is 11.2 Å². The van der Waals surface area contributed by atoms with Gasteiger partial charge in [0.25, 0.3) is 0 Å². The fourth-order valence-electron chi connectivity index (χ4n) is 1.92. The molecular formula is C14H16ClNO. The summed E-state index contributed by atoms with van der Waals surface area (Å²) in [7, 11) is 0. The van der Waals surface area contributed by atoms with Gasteiger partial charge in [0, 0.05) is 23.7 Å². The normalized spacial score (nSPS) is 12.1. The van der Waals surface area contributed by atoms with Crippen molar-refractivity contribution in [1.29, 1.82) is 0 Å². The van der Waals surface area contributed by atoms with Crippen LogP contribution in [-0.2, 0) is 6.54 Å². The summed E-state index contributed by atoms with van der Waals surface area (Å²) in [6.45, 7) is 5.51. The minimum Gasteiger partial charge on any atom is -0.493 e. The molecule has 1 aromatic carbocycles. The number of benzene rings is 1. The second kappa shape index (κ2) is 5.28. The first-order valence-electron chi connectivity index (χ1n) is 5.72. The molecule has 0 aliphatic rings. The third kappa shape index (κ3) is 2.47. The molecule has 0 radical (unpaired) electrons. The predicted molar refractivity (Wildman–Crippen MR) is 72.7 cm³/mol. The van der Waals surface area contributed by atoms with Crippen molar-refractivity contribution < 1.29 is 4.74 Å². The standard InChI is InChI=1S/C14H16ClNO/c1-3-17-14-6-4-5-13-12(14)7-8-16(13)10-11(2)9-15/h4-9H,3,10H2,1-2H3/b11-9+. The van der Waals surface area contributed by atoms with Crippen molar-refractivity contribution in [2.24, 2.45) is 0 Å². The van der Waals surface area contributed by atoms with E-state index < -0.39 is 0 Å². The van der Waals surface area contributed by atoms with Gasteiger partial charge in [0.05, 0.1) is 12.1 Å². The quantitative estimate of drug-likeness (QED) is 0.793. The van der Waals surface area contributed by atoms with E-state index in [1.54, 1.807) is 5.54 Å². The van der Waals surface area contributed by atoms with Crippen LogP contribution in [0.4, 0.5) is 0 Å². The molecule has 17 heavy (non-hydrogen) atoms. The third-order valence-electron chi connectivity index (χ3n) is 2.68. The molecule has 0 saturated carbocycles. The van der Waals surface area contributed by atoms with Crippen molar-refractivity contribution in [1.82, 2.24) is 4.57 Å². The molecule has 0 saturated heterocycles. The molecule has 0 aliphatic carbocycles. The van der Waals surface area contributed by atoms with Crippen molar-refractivity contribution in [3.63, 3.8) is 0 Å². The van der Waals surface area contributed by atoms with E-state index >= 15 is 0 Å². The highest BCUT2D eigenvalue weighted by atomic mass is 35.5. The van der Waals surface area contributed by atoms with Crippen LogP contribution in [0.5, 0.6) is 5.75 Å². The Morgan fingerprint density at radius 3 is 2.94 bits per heavy atom. The molecule has 2 nitrogen and oxygen atoms in total. The number of hydrogen-bond acceptors (Lipinski definition) is 1. The summed E-state index contributed by atoms with van der Waals surface area (Å²) < 4.78 is 7.78. The Balaban J connectivity index is 2.43. The average Bonchev–Trinajstić information content (AvgIpc) is 2.74. The van der Waals surface area contributed by atoms with E-state index in [0.29, 0.717) is 6.61 Å². The van der Waals surface area contributed by atoms with E-state index in [1.807, 2.05) is 26.0 Å². The lowest BCUT2D eigenvalue weighted by Crippen LogP contribution is -1.97. The lowest BCUT2D eigenvalue weighted by atomic mass is 10.2. The smallest absolute Gasteiger partial charge is 0.128 e. The number of hydrogen-bond donors (Lipinski definition) is 0. The summed E-state index contributed by atoms with van der Waals surface area (Å²) in [6.07, 6.45) is 2.07. The number of allylic oxidation sites excluding steroid dienone is 1. The van der Waals surface area contributed by atoms with Gasteiger partial charge < -0.3 is 9.30 Å². The molecule has 0 fully saturated rings. The molecule has 0 unspecified atom stereocenters. The topological polar surface area (TPSA) is 14.2 Å². The summed E-state index contributed by atoms with van der Waals surface area (Å²) in [6, 6.07) is 8.20. The maximum absolute atomic E-state index is 5.70. The fraction of sp³-hybridized carbons (Fsp3) is 0.286. The summed E-state index contributed by atoms with van der Waals surface area (Å²) >= 11 is 5.70. The number of halogens is 1. The molecule has 0 spiro atoms. The summed E-state index contributed by atoms with van der Waals surface area (Å²) in [5.41, 5.74) is 3.93. The Kier molecular flexibility index (Phi) is 3.75. The highest BCUT2D eigenvalue weighted by Gasteiger charge is 2.06. The van der Waals surface area contributed by atoms with Gasteiger partial charge in [0.1, 0.15) is 5.75 Å². The second-order valence-corrected chi connectivity index (χ2v) is 4.24. The molecule has 0 aliphatic heterocycles. The van der Waals surface area contributed by atoms with E-state index in [-0.39, 0.29) is 0 Å². The summed E-state index contributed by atoms with van der Waals surface area (Å²) in [4.78, 5) is 0. The molecule has 90 valence electrons. The lowest BCUT2D eigenvalue weighted by Gasteiger charge is -2.07. The van der Waals surface area contributed by atoms with Gasteiger partial charge in [0.15, 0.2) is 0 Å². The fourth-order valence-corrected chi connectivity index (χ4v) is 1.99. The summed E-state index contributed by atoms with van der Waals surface area (Å²) in [5, 5.41) is 1.15. The van der Waals surface area contributed by atoms with Gasteiger partial charge in [-0.05, 0) is 37.6 Å². The monoisotopic (exact) mass is 249 g/mol. The van der Waals surface area contributed by atoms with Crippen LogP contribution in [0.1, 0.15) is 13.8 Å². The molecule has 1 aromatic heterocycles. The summed E-state index contributed by atoms with van der Waals surface area (Å²) in [5.74, 6) is 0.941. The first-order chi connectivity index (χ1) is 8.26. The van der Waals surface area contributed by atoms with Crippen LogP contribution < -0.4 is 4.74 Å². The minimum atomic E-state index is 0.685. The van der Waals surface area contributed by atoms with Gasteiger partial charge in [-0.1, -0.05) is 17.7 Å². The second-order valence-electron chi connectivity index (χ2n) is 4.02. The molecule has 0 amide bonds. The van der Waals surface area contributed by atoms with Gasteiger partial charge in [-0.3, -0.25) is 0 Å². The van der Waals surface area contributed by atoms with Gasteiger partial charge in [-0.25, -0.2) is 0 Å².